The Morgan fingerprint density at radius 3 is 2.04 bits per heavy atom. The van der Waals surface area contributed by atoms with Gasteiger partial charge in [0.25, 0.3) is 0 Å². The van der Waals surface area contributed by atoms with E-state index in [9.17, 15) is 19.0 Å². The minimum Gasteiger partial charge on any atom is -0.391 e. The Kier molecular flexibility index (Phi) is 6.31. The highest BCUT2D eigenvalue weighted by Gasteiger charge is 2.27. The molecular weight excluding hydrogens is 314 g/mol. The minimum absolute atomic E-state index is 0.127. The first kappa shape index (κ1) is 19.2. The Morgan fingerprint density at radius 1 is 1.00 bits per heavy atom. The van der Waals surface area contributed by atoms with Gasteiger partial charge < -0.3 is 10.2 Å². The number of halogens is 2. The zero-order valence-corrected chi connectivity index (χ0v) is 14.7. The zero-order valence-electron chi connectivity index (χ0n) is 14.7. The van der Waals surface area contributed by atoms with Gasteiger partial charge in [0.1, 0.15) is 11.6 Å². The van der Waals surface area contributed by atoms with E-state index in [-0.39, 0.29) is 17.1 Å². The number of hydrogen-bond donors (Lipinski definition) is 2. The molecule has 2 rings (SSSR count). The molecule has 0 radical (unpaired) electrons. The van der Waals surface area contributed by atoms with Crippen molar-refractivity contribution in [1.82, 2.24) is 9.80 Å². The summed E-state index contributed by atoms with van der Waals surface area (Å²) in [7, 11) is 0. The fourth-order valence-electron chi connectivity index (χ4n) is 2.79. The van der Waals surface area contributed by atoms with Crippen molar-refractivity contribution in [2.24, 2.45) is 5.41 Å². The summed E-state index contributed by atoms with van der Waals surface area (Å²) in [6, 6.07) is 3.25. The summed E-state index contributed by atoms with van der Waals surface area (Å²) in [5.41, 5.74) is -0.0186. The van der Waals surface area contributed by atoms with Crippen molar-refractivity contribution in [3.05, 3.63) is 35.4 Å². The highest BCUT2D eigenvalue weighted by molar-refractivity contribution is 5.21. The average Bonchev–Trinajstić information content (AvgIpc) is 2.48. The highest BCUT2D eigenvalue weighted by atomic mass is 19.1. The van der Waals surface area contributed by atoms with Crippen molar-refractivity contribution >= 4 is 0 Å². The van der Waals surface area contributed by atoms with Crippen LogP contribution < -0.4 is 0 Å². The number of hydrogen-bond acceptors (Lipinski definition) is 4. The van der Waals surface area contributed by atoms with Crippen molar-refractivity contribution in [3.8, 4) is 0 Å². The summed E-state index contributed by atoms with van der Waals surface area (Å²) < 4.78 is 26.7. The van der Waals surface area contributed by atoms with Gasteiger partial charge in [-0.15, -0.1) is 0 Å². The number of aliphatic hydroxyl groups excluding tert-OH is 2. The zero-order chi connectivity index (χ0) is 17.9. The second-order valence-corrected chi connectivity index (χ2v) is 7.66. The molecule has 1 saturated heterocycles. The number of β-amino-alcohol motifs (C(OH)–C–C–N with tert-alkyl or cyclic N) is 2. The van der Waals surface area contributed by atoms with E-state index in [1.165, 1.54) is 6.07 Å². The van der Waals surface area contributed by atoms with E-state index in [0.29, 0.717) is 13.1 Å². The summed E-state index contributed by atoms with van der Waals surface area (Å²) in [4.78, 5) is 4.27. The number of aliphatic hydroxyl groups is 2. The number of piperazine rings is 1. The van der Waals surface area contributed by atoms with Gasteiger partial charge in [0, 0.05) is 50.9 Å². The number of nitrogens with zero attached hydrogens (tertiary/aromatic N) is 2. The van der Waals surface area contributed by atoms with Crippen molar-refractivity contribution in [2.75, 3.05) is 39.3 Å². The molecule has 0 bridgehead atoms. The van der Waals surface area contributed by atoms with E-state index in [2.05, 4.69) is 9.80 Å². The molecule has 136 valence electrons. The van der Waals surface area contributed by atoms with Crippen molar-refractivity contribution in [2.45, 2.75) is 33.0 Å². The molecule has 4 nitrogen and oxygen atoms in total. The van der Waals surface area contributed by atoms with Crippen LogP contribution in [0.15, 0.2) is 18.2 Å². The lowest BCUT2D eigenvalue weighted by atomic mass is 9.89. The van der Waals surface area contributed by atoms with Crippen LogP contribution >= 0.6 is 0 Å². The van der Waals surface area contributed by atoms with E-state index >= 15 is 0 Å². The molecule has 2 N–H and O–H groups in total. The summed E-state index contributed by atoms with van der Waals surface area (Å²) in [6.45, 7) is 10.1. The van der Waals surface area contributed by atoms with Crippen LogP contribution in [0.3, 0.4) is 0 Å². The maximum Gasteiger partial charge on any atom is 0.131 e. The third kappa shape index (κ3) is 5.21. The predicted octanol–water partition coefficient (Wildman–Crippen LogP) is 2.02. The van der Waals surface area contributed by atoms with E-state index in [1.54, 1.807) is 0 Å². The van der Waals surface area contributed by atoms with Gasteiger partial charge in [0.15, 0.2) is 0 Å². The molecule has 0 unspecified atom stereocenters. The van der Waals surface area contributed by atoms with Gasteiger partial charge in [0.2, 0.25) is 0 Å². The van der Waals surface area contributed by atoms with Crippen LogP contribution in [0, 0.1) is 17.0 Å². The summed E-state index contributed by atoms with van der Waals surface area (Å²) in [5.74, 6) is -1.36. The molecule has 1 aromatic carbocycles. The number of benzene rings is 1. The Morgan fingerprint density at radius 2 is 1.54 bits per heavy atom. The molecule has 24 heavy (non-hydrogen) atoms. The minimum atomic E-state index is -0.975. The SMILES string of the molecule is CC(C)(C)[C@@H](O)CN1CCN(C[C@H](O)c2ccc(F)cc2F)CC1. The molecule has 6 heteroatoms. The van der Waals surface area contributed by atoms with Gasteiger partial charge in [-0.25, -0.2) is 8.78 Å². The first-order chi connectivity index (χ1) is 11.2. The summed E-state index contributed by atoms with van der Waals surface area (Å²) in [5, 5.41) is 20.4. The second kappa shape index (κ2) is 7.87. The Bertz CT molecular complexity index is 540. The van der Waals surface area contributed by atoms with Crippen molar-refractivity contribution < 1.29 is 19.0 Å². The lowest BCUT2D eigenvalue weighted by Gasteiger charge is -2.38. The fourth-order valence-corrected chi connectivity index (χ4v) is 2.79. The van der Waals surface area contributed by atoms with E-state index in [0.717, 1.165) is 38.3 Å². The van der Waals surface area contributed by atoms with Crippen LogP contribution in [0.5, 0.6) is 0 Å². The largest absolute Gasteiger partial charge is 0.391 e. The molecule has 1 fully saturated rings. The lowest BCUT2D eigenvalue weighted by Crippen LogP contribution is -2.50. The maximum atomic E-state index is 13.7. The van der Waals surface area contributed by atoms with Gasteiger partial charge in [-0.05, 0) is 11.5 Å². The Balaban J connectivity index is 1.82. The molecule has 1 heterocycles. The highest BCUT2D eigenvalue weighted by Crippen LogP contribution is 2.22. The third-order valence-corrected chi connectivity index (χ3v) is 4.65. The van der Waals surface area contributed by atoms with Gasteiger partial charge in [-0.1, -0.05) is 26.8 Å². The van der Waals surface area contributed by atoms with Gasteiger partial charge in [-0.3, -0.25) is 9.80 Å². The van der Waals surface area contributed by atoms with E-state index in [1.807, 2.05) is 20.8 Å². The summed E-state index contributed by atoms with van der Waals surface area (Å²) >= 11 is 0. The smallest absolute Gasteiger partial charge is 0.131 e. The Labute approximate surface area is 142 Å². The molecule has 1 aliphatic heterocycles. The molecule has 0 amide bonds. The molecule has 2 atom stereocenters. The second-order valence-electron chi connectivity index (χ2n) is 7.66. The molecule has 0 spiro atoms. The number of rotatable bonds is 5. The molecule has 1 aliphatic rings. The average molecular weight is 342 g/mol. The van der Waals surface area contributed by atoms with Gasteiger partial charge in [0.05, 0.1) is 12.2 Å². The molecule has 0 saturated carbocycles. The summed E-state index contributed by atoms with van der Waals surface area (Å²) in [6.07, 6.45) is -1.36. The molecule has 0 aliphatic carbocycles. The normalized spacial score (nSPS) is 20.1. The van der Waals surface area contributed by atoms with Gasteiger partial charge >= 0.3 is 0 Å². The molecule has 0 aromatic heterocycles. The van der Waals surface area contributed by atoms with Crippen molar-refractivity contribution in [1.29, 1.82) is 0 Å². The fraction of sp³-hybridized carbons (Fsp3) is 0.667. The first-order valence-electron chi connectivity index (χ1n) is 8.42. The van der Waals surface area contributed by atoms with Crippen LogP contribution in [0.2, 0.25) is 0 Å². The van der Waals surface area contributed by atoms with E-state index < -0.39 is 17.7 Å². The van der Waals surface area contributed by atoms with Crippen LogP contribution in [-0.2, 0) is 0 Å². The first-order valence-corrected chi connectivity index (χ1v) is 8.42. The molecular formula is C18H28F2N2O2. The maximum absolute atomic E-state index is 13.7. The van der Waals surface area contributed by atoms with Crippen LogP contribution in [-0.4, -0.2) is 65.4 Å². The van der Waals surface area contributed by atoms with E-state index in [4.69, 9.17) is 0 Å². The lowest BCUT2D eigenvalue weighted by molar-refractivity contribution is 0.00697. The third-order valence-electron chi connectivity index (χ3n) is 4.65. The van der Waals surface area contributed by atoms with Crippen LogP contribution in [0.25, 0.3) is 0 Å². The van der Waals surface area contributed by atoms with Crippen LogP contribution in [0.1, 0.15) is 32.4 Å². The predicted molar refractivity (Wildman–Crippen MR) is 89.7 cm³/mol. The van der Waals surface area contributed by atoms with Crippen molar-refractivity contribution in [3.63, 3.8) is 0 Å². The monoisotopic (exact) mass is 342 g/mol. The van der Waals surface area contributed by atoms with Gasteiger partial charge in [-0.2, -0.15) is 0 Å². The Hall–Kier alpha value is -1.08. The standard InChI is InChI=1S/C18H28F2N2O2/c1-18(2,3)17(24)12-22-8-6-21(7-9-22)11-16(23)14-5-4-13(19)10-15(14)20/h4-5,10,16-17,23-24H,6-9,11-12H2,1-3H3/t16-,17-/m0/s1. The topological polar surface area (TPSA) is 46.9 Å². The quantitative estimate of drug-likeness (QED) is 0.860. The van der Waals surface area contributed by atoms with Crippen LogP contribution in [0.4, 0.5) is 8.78 Å². The molecule has 1 aromatic rings.